The Kier molecular flexibility index (Phi) is 4.91. The minimum atomic E-state index is -0.674. The number of halogens is 1. The molecule has 3 heterocycles. The zero-order valence-electron chi connectivity index (χ0n) is 17.8. The summed E-state index contributed by atoms with van der Waals surface area (Å²) >= 11 is 0. The summed E-state index contributed by atoms with van der Waals surface area (Å²) in [5.41, 5.74) is 2.89. The number of fused-ring (bicyclic) bond motifs is 2. The number of ether oxygens (including phenoxy) is 3. The van der Waals surface area contributed by atoms with Gasteiger partial charge in [0, 0.05) is 11.6 Å². The average molecular weight is 464 g/mol. The number of imidazole rings is 1. The van der Waals surface area contributed by atoms with Crippen molar-refractivity contribution in [2.75, 3.05) is 13.2 Å². The number of benzene rings is 3. The lowest BCUT2D eigenvalue weighted by Crippen LogP contribution is -2.34. The van der Waals surface area contributed by atoms with Crippen LogP contribution in [0.15, 0.2) is 54.6 Å². The molecule has 0 saturated carbocycles. The van der Waals surface area contributed by atoms with Crippen LogP contribution >= 0.6 is 0 Å². The molecule has 4 N–H and O–H groups in total. The van der Waals surface area contributed by atoms with Gasteiger partial charge in [-0.1, -0.05) is 30.3 Å². The highest BCUT2D eigenvalue weighted by Gasteiger charge is 2.48. The highest BCUT2D eigenvalue weighted by atomic mass is 19.1. The van der Waals surface area contributed by atoms with E-state index in [9.17, 15) is 19.7 Å². The maximum atomic E-state index is 15.0. The fourth-order valence-electron chi connectivity index (χ4n) is 4.61. The molecule has 174 valence electrons. The molecule has 2 saturated heterocycles. The third-order valence-electron chi connectivity index (χ3n) is 6.30. The molecule has 2 aliphatic rings. The Morgan fingerprint density at radius 3 is 2.41 bits per heavy atom. The van der Waals surface area contributed by atoms with Gasteiger partial charge in [-0.05, 0) is 29.3 Å². The van der Waals surface area contributed by atoms with E-state index < -0.39 is 24.1 Å². The maximum absolute atomic E-state index is 15.0. The summed E-state index contributed by atoms with van der Waals surface area (Å²) in [4.78, 5) is 7.41. The Morgan fingerprint density at radius 2 is 1.65 bits per heavy atom. The average Bonchev–Trinajstić information content (AvgIpc) is 3.50. The van der Waals surface area contributed by atoms with Crippen LogP contribution in [0.1, 0.15) is 0 Å². The fourth-order valence-corrected chi connectivity index (χ4v) is 4.61. The van der Waals surface area contributed by atoms with Crippen LogP contribution in [-0.4, -0.2) is 62.9 Å². The van der Waals surface area contributed by atoms with E-state index in [4.69, 9.17) is 14.2 Å². The number of aromatic amines is 1. The van der Waals surface area contributed by atoms with Crippen LogP contribution in [0.3, 0.4) is 0 Å². The SMILES string of the molecule is Oc1cccc(O)c1-c1ccc(-c2cc3nc(O[C@@H]4CO[C@H]5[C@@H]4OC[C@H]5O)[nH]c3cc2F)cc1. The largest absolute Gasteiger partial charge is 0.507 e. The molecule has 0 spiro atoms. The number of rotatable bonds is 4. The normalized spacial score (nSPS) is 23.9. The molecular formula is C25H21FN2O6. The number of nitrogens with zero attached hydrogens (tertiary/aromatic N) is 1. The molecule has 0 aliphatic carbocycles. The summed E-state index contributed by atoms with van der Waals surface area (Å²) in [7, 11) is 0. The van der Waals surface area contributed by atoms with Crippen LogP contribution in [-0.2, 0) is 9.47 Å². The van der Waals surface area contributed by atoms with Gasteiger partial charge in [0.1, 0.15) is 35.6 Å². The molecule has 4 aromatic rings. The molecule has 0 amide bonds. The standard InChI is InChI=1S/C25H21FN2O6/c26-15-9-17-16(27-25(28-17)34-21-11-33-23-20(31)10-32-24(21)23)8-14(15)12-4-6-13(7-5-12)22-18(29)2-1-3-19(22)30/h1-9,20-21,23-24,29-31H,10-11H2,(H,27,28)/t20-,21-,23-,24-/m1/s1. The first-order valence-corrected chi connectivity index (χ1v) is 10.9. The molecule has 0 bridgehead atoms. The molecular weight excluding hydrogens is 443 g/mol. The van der Waals surface area contributed by atoms with Crippen molar-refractivity contribution in [3.8, 4) is 39.8 Å². The van der Waals surface area contributed by atoms with E-state index in [0.717, 1.165) is 0 Å². The van der Waals surface area contributed by atoms with Crippen LogP contribution in [0, 0.1) is 5.82 Å². The quantitative estimate of drug-likeness (QED) is 0.366. The van der Waals surface area contributed by atoms with E-state index in [1.54, 1.807) is 36.4 Å². The van der Waals surface area contributed by atoms with Gasteiger partial charge in [0.15, 0.2) is 6.10 Å². The van der Waals surface area contributed by atoms with Crippen LogP contribution in [0.4, 0.5) is 4.39 Å². The van der Waals surface area contributed by atoms with Gasteiger partial charge in [0.25, 0.3) is 6.01 Å². The van der Waals surface area contributed by atoms with Crippen molar-refractivity contribution in [2.45, 2.75) is 24.4 Å². The summed E-state index contributed by atoms with van der Waals surface area (Å²) in [5.74, 6) is -0.519. The highest BCUT2D eigenvalue weighted by Crippen LogP contribution is 2.38. The molecule has 0 unspecified atom stereocenters. The molecule has 2 aliphatic heterocycles. The van der Waals surface area contributed by atoms with Crippen LogP contribution in [0.2, 0.25) is 0 Å². The van der Waals surface area contributed by atoms with Crippen molar-refractivity contribution >= 4 is 11.0 Å². The van der Waals surface area contributed by atoms with Crippen molar-refractivity contribution in [2.24, 2.45) is 0 Å². The maximum Gasteiger partial charge on any atom is 0.295 e. The van der Waals surface area contributed by atoms with Crippen molar-refractivity contribution in [1.82, 2.24) is 9.97 Å². The summed E-state index contributed by atoms with van der Waals surface area (Å²) in [6, 6.07) is 14.6. The molecule has 1 aromatic heterocycles. The number of aromatic hydroxyl groups is 2. The van der Waals surface area contributed by atoms with Gasteiger partial charge < -0.3 is 34.5 Å². The number of hydrogen-bond acceptors (Lipinski definition) is 7. The van der Waals surface area contributed by atoms with Crippen molar-refractivity contribution < 1.29 is 33.9 Å². The number of H-pyrrole nitrogens is 1. The van der Waals surface area contributed by atoms with Crippen molar-refractivity contribution in [3.63, 3.8) is 0 Å². The molecule has 6 rings (SSSR count). The van der Waals surface area contributed by atoms with Crippen molar-refractivity contribution in [1.29, 1.82) is 0 Å². The molecule has 3 aromatic carbocycles. The van der Waals surface area contributed by atoms with Gasteiger partial charge in [-0.3, -0.25) is 0 Å². The number of aliphatic hydroxyl groups is 1. The minimum absolute atomic E-state index is 0.0408. The van der Waals surface area contributed by atoms with E-state index in [0.29, 0.717) is 33.3 Å². The van der Waals surface area contributed by atoms with Gasteiger partial charge in [-0.2, -0.15) is 4.98 Å². The number of aromatic nitrogens is 2. The second kappa shape index (κ2) is 7.98. The molecule has 2 fully saturated rings. The van der Waals surface area contributed by atoms with Crippen molar-refractivity contribution in [3.05, 3.63) is 60.4 Å². The lowest BCUT2D eigenvalue weighted by Gasteiger charge is -2.15. The number of phenolic OH excluding ortho intramolecular Hbond substituents is 2. The van der Waals surface area contributed by atoms with Gasteiger partial charge in [0.2, 0.25) is 0 Å². The van der Waals surface area contributed by atoms with E-state index in [1.165, 1.54) is 18.2 Å². The topological polar surface area (TPSA) is 117 Å². The van der Waals surface area contributed by atoms with Crippen LogP contribution in [0.5, 0.6) is 17.5 Å². The Balaban J connectivity index is 1.27. The fraction of sp³-hybridized carbons (Fsp3) is 0.240. The van der Waals surface area contributed by atoms with E-state index in [2.05, 4.69) is 9.97 Å². The third-order valence-corrected chi connectivity index (χ3v) is 6.30. The molecule has 8 nitrogen and oxygen atoms in total. The number of phenols is 2. The van der Waals surface area contributed by atoms with E-state index >= 15 is 0 Å². The lowest BCUT2D eigenvalue weighted by molar-refractivity contribution is 0.00706. The monoisotopic (exact) mass is 464 g/mol. The lowest BCUT2D eigenvalue weighted by atomic mass is 9.98. The smallest absolute Gasteiger partial charge is 0.295 e. The first-order valence-electron chi connectivity index (χ1n) is 10.9. The Hall–Kier alpha value is -3.66. The van der Waals surface area contributed by atoms with Crippen LogP contribution < -0.4 is 4.74 Å². The second-order valence-electron chi connectivity index (χ2n) is 8.46. The zero-order chi connectivity index (χ0) is 23.4. The molecule has 0 radical (unpaired) electrons. The Bertz CT molecular complexity index is 1350. The number of aliphatic hydroxyl groups excluding tert-OH is 1. The van der Waals surface area contributed by atoms with Gasteiger partial charge >= 0.3 is 0 Å². The highest BCUT2D eigenvalue weighted by molar-refractivity contribution is 5.84. The molecule has 9 heteroatoms. The zero-order valence-corrected chi connectivity index (χ0v) is 17.8. The van der Waals surface area contributed by atoms with E-state index in [-0.39, 0.29) is 36.8 Å². The molecule has 34 heavy (non-hydrogen) atoms. The van der Waals surface area contributed by atoms with Crippen LogP contribution in [0.25, 0.3) is 33.3 Å². The van der Waals surface area contributed by atoms with Gasteiger partial charge in [0.05, 0.1) is 29.8 Å². The minimum Gasteiger partial charge on any atom is -0.507 e. The predicted molar refractivity (Wildman–Crippen MR) is 120 cm³/mol. The predicted octanol–water partition coefficient (Wildman–Crippen LogP) is 3.35. The summed E-state index contributed by atoms with van der Waals surface area (Å²) < 4.78 is 32.0. The number of hydrogen-bond donors (Lipinski definition) is 4. The summed E-state index contributed by atoms with van der Waals surface area (Å²) in [6.07, 6.45) is -1.89. The number of nitrogens with one attached hydrogen (secondary N) is 1. The Morgan fingerprint density at radius 1 is 0.941 bits per heavy atom. The first-order chi connectivity index (χ1) is 16.5. The van der Waals surface area contributed by atoms with E-state index in [1.807, 2.05) is 0 Å². The summed E-state index contributed by atoms with van der Waals surface area (Å²) in [6.45, 7) is 0.466. The first kappa shape index (κ1) is 20.9. The second-order valence-corrected chi connectivity index (χ2v) is 8.46. The van der Waals surface area contributed by atoms with Gasteiger partial charge in [-0.15, -0.1) is 0 Å². The Labute approximate surface area is 193 Å². The third kappa shape index (κ3) is 3.45. The molecule has 4 atom stereocenters. The van der Waals surface area contributed by atoms with Gasteiger partial charge in [-0.25, -0.2) is 4.39 Å². The summed E-state index contributed by atoms with van der Waals surface area (Å²) in [5, 5.41) is 30.1.